The summed E-state index contributed by atoms with van der Waals surface area (Å²) in [4.78, 5) is 77.8. The zero-order valence-corrected chi connectivity index (χ0v) is 32.8. The molecule has 15 nitrogen and oxygen atoms in total. The average molecular weight is 823 g/mol. The van der Waals surface area contributed by atoms with Crippen LogP contribution < -0.4 is 33.0 Å². The fourth-order valence-electron chi connectivity index (χ4n) is 4.55. The van der Waals surface area contributed by atoms with E-state index in [4.69, 9.17) is 14.2 Å². The minimum absolute atomic E-state index is 0.147. The number of thioether (sulfide) groups is 6. The van der Waals surface area contributed by atoms with Crippen LogP contribution >= 0.6 is 70.6 Å². The van der Waals surface area contributed by atoms with Crippen molar-refractivity contribution in [3.05, 3.63) is 67.9 Å². The molecule has 0 spiro atoms. The van der Waals surface area contributed by atoms with Crippen LogP contribution in [-0.4, -0.2) is 120 Å². The number of carbonyl (C=O) groups excluding carboxylic acids is 3. The number of carbonyl (C=O) groups is 3. The van der Waals surface area contributed by atoms with Crippen LogP contribution in [0.25, 0.3) is 0 Å². The number of alkyl carbamates (subject to hydrolysis) is 3. The van der Waals surface area contributed by atoms with E-state index in [0.717, 1.165) is 47.7 Å². The second-order valence-electron chi connectivity index (χ2n) is 11.3. The lowest BCUT2D eigenvalue weighted by atomic mass is 10.4. The first-order chi connectivity index (χ1) is 24.5. The van der Waals surface area contributed by atoms with Gasteiger partial charge < -0.3 is 30.2 Å². The Kier molecular flexibility index (Phi) is 17.2. The number of hydrogen-bond acceptors (Lipinski definition) is 15. The first-order valence-corrected chi connectivity index (χ1v) is 22.5. The molecule has 1 aromatic heterocycles. The van der Waals surface area contributed by atoms with Crippen molar-refractivity contribution in [2.75, 3.05) is 71.4 Å². The minimum Gasteiger partial charge on any atom is -0.434 e. The predicted octanol–water partition coefficient (Wildman–Crippen LogP) is 2.44. The van der Waals surface area contributed by atoms with E-state index in [0.29, 0.717) is 34.5 Å². The molecule has 3 unspecified atom stereocenters. The number of ether oxygens (including phenoxy) is 3. The van der Waals surface area contributed by atoms with Gasteiger partial charge in [0, 0.05) is 91.0 Å². The maximum absolute atomic E-state index is 13.4. The third-order valence-electron chi connectivity index (χ3n) is 7.02. The molecule has 3 aliphatic heterocycles. The van der Waals surface area contributed by atoms with Gasteiger partial charge >= 0.3 is 35.3 Å². The molecule has 0 radical (unpaired) electrons. The molecule has 0 aliphatic carbocycles. The van der Waals surface area contributed by atoms with E-state index < -0.39 is 35.3 Å². The standard InChI is InChI=1S/C30H42N6O9S6/c1-19-10-46-16-22(49-13-19)43-25(37)31-4-7-34-28(40)35(8-5-32-26(38)44-23-17-47-11-20(2)14-50-23)30(42)36(29(34)41)9-6-33-27(39)45-24-18-48-12-21(3)15-51-24/h22-24H,1-18H2,(H,31,37)(H,32,38)(H,33,39). The second kappa shape index (κ2) is 21.3. The van der Waals surface area contributed by atoms with E-state index in [9.17, 15) is 28.8 Å². The number of aromatic nitrogens is 3. The van der Waals surface area contributed by atoms with Crippen molar-refractivity contribution in [2.24, 2.45) is 0 Å². The Bertz CT molecular complexity index is 1420. The van der Waals surface area contributed by atoms with E-state index in [1.807, 2.05) is 0 Å². The number of nitrogens with zero attached hydrogens (tertiary/aromatic N) is 3. The molecule has 0 aromatic carbocycles. The van der Waals surface area contributed by atoms with E-state index in [1.54, 1.807) is 35.3 Å². The molecule has 4 heterocycles. The lowest BCUT2D eigenvalue weighted by molar-refractivity contribution is 0.141. The third-order valence-corrected chi connectivity index (χ3v) is 14.7. The highest BCUT2D eigenvalue weighted by Gasteiger charge is 2.22. The first kappa shape index (κ1) is 41.3. The van der Waals surface area contributed by atoms with Crippen LogP contribution in [0.2, 0.25) is 0 Å². The van der Waals surface area contributed by atoms with Crippen molar-refractivity contribution >= 4 is 88.9 Å². The smallest absolute Gasteiger partial charge is 0.408 e. The number of nitrogens with one attached hydrogen (secondary N) is 3. The highest BCUT2D eigenvalue weighted by Crippen LogP contribution is 2.28. The molecule has 3 amide bonds. The molecule has 3 aliphatic rings. The summed E-state index contributed by atoms with van der Waals surface area (Å²) in [6.07, 6.45) is -2.13. The topological polar surface area (TPSA) is 181 Å². The van der Waals surface area contributed by atoms with Gasteiger partial charge in [-0.1, -0.05) is 36.5 Å². The van der Waals surface area contributed by atoms with Crippen LogP contribution in [-0.2, 0) is 33.8 Å². The molecule has 3 N–H and O–H groups in total. The maximum atomic E-state index is 13.4. The Hall–Kier alpha value is -2.46. The fourth-order valence-corrected chi connectivity index (χ4v) is 11.3. The Morgan fingerprint density at radius 1 is 0.529 bits per heavy atom. The molecular formula is C30H42N6O9S6. The van der Waals surface area contributed by atoms with Crippen LogP contribution in [0.1, 0.15) is 0 Å². The summed E-state index contributed by atoms with van der Waals surface area (Å²) in [7, 11) is 0. The summed E-state index contributed by atoms with van der Waals surface area (Å²) in [5.41, 5.74) is -0.763. The zero-order valence-electron chi connectivity index (χ0n) is 27.9. The number of rotatable bonds is 12. The Balaban J connectivity index is 1.40. The highest BCUT2D eigenvalue weighted by molar-refractivity contribution is 8.05. The van der Waals surface area contributed by atoms with Gasteiger partial charge in [-0.2, -0.15) is 35.3 Å². The molecule has 3 saturated heterocycles. The van der Waals surface area contributed by atoms with Crippen molar-refractivity contribution in [3.63, 3.8) is 0 Å². The van der Waals surface area contributed by atoms with Gasteiger partial charge in [-0.15, -0.1) is 35.3 Å². The summed E-state index contributed by atoms with van der Waals surface area (Å²) in [6, 6.07) is 0. The van der Waals surface area contributed by atoms with E-state index in [1.165, 1.54) is 35.3 Å². The van der Waals surface area contributed by atoms with Crippen LogP contribution in [0.4, 0.5) is 14.4 Å². The molecule has 0 bridgehead atoms. The molecule has 51 heavy (non-hydrogen) atoms. The summed E-state index contributed by atoms with van der Waals surface area (Å²) >= 11 is 9.22. The van der Waals surface area contributed by atoms with Gasteiger partial charge in [0.25, 0.3) is 0 Å². The van der Waals surface area contributed by atoms with Gasteiger partial charge in [-0.3, -0.25) is 0 Å². The fraction of sp³-hybridized carbons (Fsp3) is 0.600. The highest BCUT2D eigenvalue weighted by atomic mass is 32.2. The Morgan fingerprint density at radius 3 is 1.08 bits per heavy atom. The number of amides is 3. The van der Waals surface area contributed by atoms with Gasteiger partial charge in [-0.05, 0) is 0 Å². The Morgan fingerprint density at radius 2 is 0.804 bits per heavy atom. The van der Waals surface area contributed by atoms with Crippen LogP contribution in [0.15, 0.2) is 50.8 Å². The molecular weight excluding hydrogens is 781 g/mol. The van der Waals surface area contributed by atoms with E-state index in [-0.39, 0.29) is 55.6 Å². The summed E-state index contributed by atoms with van der Waals surface area (Å²) in [5, 5.41) is 7.68. The Labute approximate surface area is 320 Å². The van der Waals surface area contributed by atoms with Gasteiger partial charge in [-0.25, -0.2) is 42.5 Å². The summed E-state index contributed by atoms with van der Waals surface area (Å²) in [5.74, 6) is 6.16. The lowest BCUT2D eigenvalue weighted by Crippen LogP contribution is -2.56. The van der Waals surface area contributed by atoms with Gasteiger partial charge in [0.2, 0.25) is 0 Å². The zero-order chi connectivity index (χ0) is 36.8. The second-order valence-corrected chi connectivity index (χ2v) is 17.9. The van der Waals surface area contributed by atoms with Crippen LogP contribution in [0.5, 0.6) is 0 Å². The summed E-state index contributed by atoms with van der Waals surface area (Å²) < 4.78 is 18.9. The first-order valence-electron chi connectivity index (χ1n) is 15.9. The van der Waals surface area contributed by atoms with Crippen molar-refractivity contribution in [3.8, 4) is 0 Å². The number of hydrogen-bond donors (Lipinski definition) is 3. The predicted molar refractivity (Wildman–Crippen MR) is 211 cm³/mol. The van der Waals surface area contributed by atoms with Crippen LogP contribution in [0, 0.1) is 0 Å². The molecule has 282 valence electrons. The van der Waals surface area contributed by atoms with Crippen molar-refractivity contribution in [2.45, 2.75) is 35.9 Å². The molecule has 21 heteroatoms. The molecule has 4 rings (SSSR count). The largest absolute Gasteiger partial charge is 0.434 e. The van der Waals surface area contributed by atoms with E-state index >= 15 is 0 Å². The van der Waals surface area contributed by atoms with Gasteiger partial charge in [0.15, 0.2) is 16.3 Å². The summed E-state index contributed by atoms with van der Waals surface area (Å²) in [6.45, 7) is 10.7. The molecule has 1 aromatic rings. The monoisotopic (exact) mass is 822 g/mol. The maximum Gasteiger partial charge on any atom is 0.408 e. The minimum atomic E-state index is -0.924. The molecule has 3 fully saturated rings. The normalized spacial score (nSPS) is 21.4. The van der Waals surface area contributed by atoms with Crippen molar-refractivity contribution in [1.29, 1.82) is 0 Å². The van der Waals surface area contributed by atoms with Crippen molar-refractivity contribution < 1.29 is 28.6 Å². The van der Waals surface area contributed by atoms with Gasteiger partial charge in [0.05, 0.1) is 0 Å². The van der Waals surface area contributed by atoms with E-state index in [2.05, 4.69) is 35.7 Å². The lowest BCUT2D eigenvalue weighted by Gasteiger charge is -2.17. The average Bonchev–Trinajstić information content (AvgIpc) is 3.52. The van der Waals surface area contributed by atoms with Crippen LogP contribution in [0.3, 0.4) is 0 Å². The van der Waals surface area contributed by atoms with Crippen molar-refractivity contribution in [1.82, 2.24) is 29.7 Å². The molecule has 3 atom stereocenters. The molecule has 0 saturated carbocycles. The van der Waals surface area contributed by atoms with Gasteiger partial charge in [0.1, 0.15) is 0 Å². The SMILES string of the molecule is C=C1CSCC(OC(=O)NCCn2c(=O)n(CCNC(=O)OC3CSCC(=C)CS3)c(=O)n(CCNC(=O)OC3CSCC(=C)CS3)c2=O)SC1. The quantitative estimate of drug-likeness (QED) is 0.207. The third kappa shape index (κ3) is 13.8.